The van der Waals surface area contributed by atoms with Crippen LogP contribution in [0.1, 0.15) is 31.4 Å². The van der Waals surface area contributed by atoms with Gasteiger partial charge in [-0.25, -0.2) is 0 Å². The highest BCUT2D eigenvalue weighted by atomic mass is 16.2. The van der Waals surface area contributed by atoms with Crippen LogP contribution < -0.4 is 11.1 Å². The summed E-state index contributed by atoms with van der Waals surface area (Å²) in [6, 6.07) is 8.13. The average molecular weight is 263 g/mol. The van der Waals surface area contributed by atoms with Gasteiger partial charge in [-0.3, -0.25) is 4.79 Å². The number of nitrogens with one attached hydrogen (secondary N) is 1. The number of amides is 1. The van der Waals surface area contributed by atoms with E-state index in [1.807, 2.05) is 39.2 Å². The SMILES string of the molecule is CCC(C)(N)C(=O)NCc1ccccc1CN(C)C. The Balaban J connectivity index is 2.70. The van der Waals surface area contributed by atoms with Gasteiger partial charge in [-0.05, 0) is 38.6 Å². The highest BCUT2D eigenvalue weighted by molar-refractivity contribution is 5.85. The first-order chi connectivity index (χ1) is 8.86. The van der Waals surface area contributed by atoms with Crippen molar-refractivity contribution < 1.29 is 4.79 Å². The number of nitrogens with two attached hydrogens (primary N) is 1. The molecule has 1 atom stereocenters. The maximum atomic E-state index is 12.0. The highest BCUT2D eigenvalue weighted by Crippen LogP contribution is 2.11. The Morgan fingerprint density at radius 2 is 1.89 bits per heavy atom. The van der Waals surface area contributed by atoms with E-state index in [1.165, 1.54) is 5.56 Å². The summed E-state index contributed by atoms with van der Waals surface area (Å²) < 4.78 is 0. The van der Waals surface area contributed by atoms with Crippen LogP contribution in [0.5, 0.6) is 0 Å². The van der Waals surface area contributed by atoms with E-state index in [0.29, 0.717) is 13.0 Å². The van der Waals surface area contributed by atoms with Gasteiger partial charge in [0.05, 0.1) is 5.54 Å². The third kappa shape index (κ3) is 4.65. The van der Waals surface area contributed by atoms with E-state index in [9.17, 15) is 4.79 Å². The molecule has 0 aliphatic carbocycles. The fraction of sp³-hybridized carbons (Fsp3) is 0.533. The van der Waals surface area contributed by atoms with Gasteiger partial charge in [0.1, 0.15) is 0 Å². The van der Waals surface area contributed by atoms with Crippen LogP contribution in [-0.2, 0) is 17.9 Å². The molecule has 19 heavy (non-hydrogen) atoms. The zero-order valence-corrected chi connectivity index (χ0v) is 12.4. The molecule has 1 rings (SSSR count). The minimum absolute atomic E-state index is 0.102. The van der Waals surface area contributed by atoms with Gasteiger partial charge in [0, 0.05) is 13.1 Å². The molecule has 1 aromatic rings. The summed E-state index contributed by atoms with van der Waals surface area (Å²) >= 11 is 0. The number of carbonyl (C=O) groups excluding carboxylic acids is 1. The van der Waals surface area contributed by atoms with Crippen molar-refractivity contribution >= 4 is 5.91 Å². The number of rotatable bonds is 6. The lowest BCUT2D eigenvalue weighted by atomic mass is 9.99. The average Bonchev–Trinajstić information content (AvgIpc) is 2.36. The minimum Gasteiger partial charge on any atom is -0.350 e. The first-order valence-electron chi connectivity index (χ1n) is 6.65. The van der Waals surface area contributed by atoms with Gasteiger partial charge in [0.25, 0.3) is 0 Å². The van der Waals surface area contributed by atoms with Crippen LogP contribution in [0.3, 0.4) is 0 Å². The second kappa shape index (κ2) is 6.68. The van der Waals surface area contributed by atoms with Crippen molar-refractivity contribution in [2.75, 3.05) is 14.1 Å². The number of hydrogen-bond acceptors (Lipinski definition) is 3. The molecule has 1 unspecified atom stereocenters. The number of benzene rings is 1. The van der Waals surface area contributed by atoms with E-state index in [1.54, 1.807) is 6.92 Å². The molecule has 4 nitrogen and oxygen atoms in total. The lowest BCUT2D eigenvalue weighted by molar-refractivity contribution is -0.126. The molecule has 0 aliphatic rings. The first-order valence-corrected chi connectivity index (χ1v) is 6.65. The molecule has 0 saturated carbocycles. The third-order valence-electron chi connectivity index (χ3n) is 3.30. The molecule has 0 fully saturated rings. The molecule has 0 aromatic heterocycles. The van der Waals surface area contributed by atoms with Gasteiger partial charge in [-0.15, -0.1) is 0 Å². The van der Waals surface area contributed by atoms with Gasteiger partial charge >= 0.3 is 0 Å². The van der Waals surface area contributed by atoms with Crippen molar-refractivity contribution in [2.24, 2.45) is 5.73 Å². The fourth-order valence-electron chi connectivity index (χ4n) is 1.76. The zero-order chi connectivity index (χ0) is 14.5. The van der Waals surface area contributed by atoms with Crippen LogP contribution in [-0.4, -0.2) is 30.4 Å². The standard InChI is InChI=1S/C15H25N3O/c1-5-15(2,16)14(19)17-10-12-8-6-7-9-13(12)11-18(3)4/h6-9H,5,10-11,16H2,1-4H3,(H,17,19). The van der Waals surface area contributed by atoms with E-state index < -0.39 is 5.54 Å². The highest BCUT2D eigenvalue weighted by Gasteiger charge is 2.25. The molecule has 0 aliphatic heterocycles. The molecule has 0 radical (unpaired) electrons. The van der Waals surface area contributed by atoms with Gasteiger partial charge in [0.15, 0.2) is 0 Å². The molecule has 3 N–H and O–H groups in total. The predicted octanol–water partition coefficient (Wildman–Crippen LogP) is 1.49. The number of hydrogen-bond donors (Lipinski definition) is 2. The number of carbonyl (C=O) groups is 1. The third-order valence-corrected chi connectivity index (χ3v) is 3.30. The van der Waals surface area contributed by atoms with Gasteiger partial charge in [0.2, 0.25) is 5.91 Å². The Bertz CT molecular complexity index is 427. The van der Waals surface area contributed by atoms with Crippen molar-refractivity contribution in [1.29, 1.82) is 0 Å². The van der Waals surface area contributed by atoms with Gasteiger partial charge in [-0.1, -0.05) is 31.2 Å². The fourth-order valence-corrected chi connectivity index (χ4v) is 1.76. The van der Waals surface area contributed by atoms with Crippen LogP contribution in [0.25, 0.3) is 0 Å². The zero-order valence-electron chi connectivity index (χ0n) is 12.4. The maximum absolute atomic E-state index is 12.0. The van der Waals surface area contributed by atoms with Crippen LogP contribution in [0, 0.1) is 0 Å². The van der Waals surface area contributed by atoms with Crippen LogP contribution >= 0.6 is 0 Å². The molecule has 1 amide bonds. The number of nitrogens with zero attached hydrogens (tertiary/aromatic N) is 1. The predicted molar refractivity (Wildman–Crippen MR) is 78.6 cm³/mol. The van der Waals surface area contributed by atoms with Gasteiger partial charge in [-0.2, -0.15) is 0 Å². The summed E-state index contributed by atoms with van der Waals surface area (Å²) in [5, 5.41) is 2.92. The molecule has 0 heterocycles. The van der Waals surface area contributed by atoms with Crippen LogP contribution in [0.15, 0.2) is 24.3 Å². The van der Waals surface area contributed by atoms with Crippen molar-refractivity contribution in [1.82, 2.24) is 10.2 Å². The van der Waals surface area contributed by atoms with Crippen LogP contribution in [0.2, 0.25) is 0 Å². The summed E-state index contributed by atoms with van der Waals surface area (Å²) in [6.07, 6.45) is 0.623. The Labute approximate surface area is 116 Å². The van der Waals surface area contributed by atoms with E-state index in [0.717, 1.165) is 12.1 Å². The normalized spacial score (nSPS) is 14.2. The Hall–Kier alpha value is -1.39. The van der Waals surface area contributed by atoms with Gasteiger partial charge < -0.3 is 16.0 Å². The maximum Gasteiger partial charge on any atom is 0.240 e. The minimum atomic E-state index is -0.795. The molecule has 4 heteroatoms. The summed E-state index contributed by atoms with van der Waals surface area (Å²) in [5.41, 5.74) is 7.49. The summed E-state index contributed by atoms with van der Waals surface area (Å²) in [7, 11) is 4.06. The lowest BCUT2D eigenvalue weighted by Crippen LogP contribution is -2.50. The lowest BCUT2D eigenvalue weighted by Gasteiger charge is -2.22. The van der Waals surface area contributed by atoms with Crippen molar-refractivity contribution in [3.63, 3.8) is 0 Å². The second-order valence-corrected chi connectivity index (χ2v) is 5.46. The molecule has 0 saturated heterocycles. The van der Waals surface area contributed by atoms with Crippen molar-refractivity contribution in [3.05, 3.63) is 35.4 Å². The quantitative estimate of drug-likeness (QED) is 0.817. The molecule has 106 valence electrons. The second-order valence-electron chi connectivity index (χ2n) is 5.46. The monoisotopic (exact) mass is 263 g/mol. The summed E-state index contributed by atoms with van der Waals surface area (Å²) in [6.45, 7) is 5.06. The Morgan fingerprint density at radius 3 is 2.42 bits per heavy atom. The molecule has 0 spiro atoms. The van der Waals surface area contributed by atoms with Crippen LogP contribution in [0.4, 0.5) is 0 Å². The Morgan fingerprint density at radius 1 is 1.32 bits per heavy atom. The Kier molecular flexibility index (Phi) is 5.51. The van der Waals surface area contributed by atoms with E-state index in [4.69, 9.17) is 5.73 Å². The molecular formula is C15H25N3O. The summed E-state index contributed by atoms with van der Waals surface area (Å²) in [5.74, 6) is -0.102. The topological polar surface area (TPSA) is 58.4 Å². The van der Waals surface area contributed by atoms with Crippen molar-refractivity contribution in [3.8, 4) is 0 Å². The first kappa shape index (κ1) is 15.7. The van der Waals surface area contributed by atoms with E-state index in [2.05, 4.69) is 16.3 Å². The van der Waals surface area contributed by atoms with E-state index >= 15 is 0 Å². The molecule has 1 aromatic carbocycles. The summed E-state index contributed by atoms with van der Waals surface area (Å²) in [4.78, 5) is 14.1. The smallest absolute Gasteiger partial charge is 0.240 e. The van der Waals surface area contributed by atoms with E-state index in [-0.39, 0.29) is 5.91 Å². The molecular weight excluding hydrogens is 238 g/mol. The molecule has 0 bridgehead atoms. The van der Waals surface area contributed by atoms with Crippen molar-refractivity contribution in [2.45, 2.75) is 38.9 Å². The largest absolute Gasteiger partial charge is 0.350 e.